The van der Waals surface area contributed by atoms with Gasteiger partial charge >= 0.3 is 0 Å². The van der Waals surface area contributed by atoms with Crippen molar-refractivity contribution in [1.82, 2.24) is 9.97 Å². The van der Waals surface area contributed by atoms with E-state index in [2.05, 4.69) is 44.5 Å². The molecule has 1 fully saturated rings. The van der Waals surface area contributed by atoms with Gasteiger partial charge in [0.15, 0.2) is 5.82 Å². The fourth-order valence-corrected chi connectivity index (χ4v) is 2.34. The SMILES string of the molecule is Cc1ccc(/C=N/Nc2cc(C)nc(N3CCOCC3)n2)cc1. The second-order valence-electron chi connectivity index (χ2n) is 5.57. The molecule has 3 rings (SSSR count). The quantitative estimate of drug-likeness (QED) is 0.694. The highest BCUT2D eigenvalue weighted by Gasteiger charge is 2.14. The molecule has 23 heavy (non-hydrogen) atoms. The van der Waals surface area contributed by atoms with Gasteiger partial charge in [-0.15, -0.1) is 0 Å². The summed E-state index contributed by atoms with van der Waals surface area (Å²) in [5.41, 5.74) is 6.18. The topological polar surface area (TPSA) is 62.6 Å². The Morgan fingerprint density at radius 3 is 2.61 bits per heavy atom. The molecule has 1 N–H and O–H groups in total. The zero-order chi connectivity index (χ0) is 16.1. The first kappa shape index (κ1) is 15.4. The number of rotatable bonds is 4. The summed E-state index contributed by atoms with van der Waals surface area (Å²) < 4.78 is 5.37. The van der Waals surface area contributed by atoms with Crippen LogP contribution in [0.2, 0.25) is 0 Å². The van der Waals surface area contributed by atoms with Gasteiger partial charge in [0.1, 0.15) is 0 Å². The second-order valence-corrected chi connectivity index (χ2v) is 5.57. The largest absolute Gasteiger partial charge is 0.378 e. The molecule has 1 aliphatic heterocycles. The third-order valence-corrected chi connectivity index (χ3v) is 3.61. The van der Waals surface area contributed by atoms with E-state index in [0.717, 1.165) is 30.3 Å². The number of nitrogens with one attached hydrogen (secondary N) is 1. The summed E-state index contributed by atoms with van der Waals surface area (Å²) in [6.45, 7) is 7.08. The van der Waals surface area contributed by atoms with E-state index in [-0.39, 0.29) is 0 Å². The van der Waals surface area contributed by atoms with Crippen LogP contribution in [0.5, 0.6) is 0 Å². The van der Waals surface area contributed by atoms with E-state index >= 15 is 0 Å². The highest BCUT2D eigenvalue weighted by molar-refractivity contribution is 5.80. The molecule has 0 atom stereocenters. The minimum atomic E-state index is 0.697. The number of aryl methyl sites for hydroxylation is 2. The van der Waals surface area contributed by atoms with Crippen LogP contribution in [0.25, 0.3) is 0 Å². The summed E-state index contributed by atoms with van der Waals surface area (Å²) in [7, 11) is 0. The molecule has 120 valence electrons. The number of morpholine rings is 1. The van der Waals surface area contributed by atoms with Gasteiger partial charge in [-0.05, 0) is 19.4 Å². The van der Waals surface area contributed by atoms with Crippen LogP contribution in [-0.4, -0.2) is 42.5 Å². The standard InChI is InChI=1S/C17H21N5O/c1-13-3-5-15(6-4-13)12-18-21-16-11-14(2)19-17(20-16)22-7-9-23-10-8-22/h3-6,11-12H,7-10H2,1-2H3,(H,19,20,21)/b18-12+. The zero-order valence-electron chi connectivity index (χ0n) is 13.5. The Bertz CT molecular complexity index is 678. The molecule has 2 aromatic rings. The molecule has 0 saturated carbocycles. The molecule has 0 aliphatic carbocycles. The van der Waals surface area contributed by atoms with Crippen molar-refractivity contribution in [3.05, 3.63) is 47.2 Å². The fourth-order valence-electron chi connectivity index (χ4n) is 2.34. The maximum Gasteiger partial charge on any atom is 0.227 e. The highest BCUT2D eigenvalue weighted by atomic mass is 16.5. The summed E-state index contributed by atoms with van der Waals surface area (Å²) in [5, 5.41) is 4.26. The van der Waals surface area contributed by atoms with Crippen molar-refractivity contribution in [2.75, 3.05) is 36.6 Å². The number of hydrazone groups is 1. The number of benzene rings is 1. The molecule has 1 aromatic heterocycles. The van der Waals surface area contributed by atoms with E-state index in [9.17, 15) is 0 Å². The molecule has 6 nitrogen and oxygen atoms in total. The Hall–Kier alpha value is -2.47. The molecule has 6 heteroatoms. The number of nitrogens with zero attached hydrogens (tertiary/aromatic N) is 4. The average Bonchev–Trinajstić information content (AvgIpc) is 2.57. The number of ether oxygens (including phenoxy) is 1. The van der Waals surface area contributed by atoms with Crippen LogP contribution >= 0.6 is 0 Å². The number of hydrogen-bond acceptors (Lipinski definition) is 6. The minimum Gasteiger partial charge on any atom is -0.378 e. The molecule has 0 bridgehead atoms. The van der Waals surface area contributed by atoms with E-state index in [1.54, 1.807) is 6.21 Å². The molecule has 1 saturated heterocycles. The maximum absolute atomic E-state index is 5.37. The Morgan fingerprint density at radius 2 is 1.87 bits per heavy atom. The van der Waals surface area contributed by atoms with Crippen molar-refractivity contribution in [1.29, 1.82) is 0 Å². The predicted molar refractivity (Wildman–Crippen MR) is 92.2 cm³/mol. The van der Waals surface area contributed by atoms with Gasteiger partial charge in [-0.2, -0.15) is 10.1 Å². The monoisotopic (exact) mass is 311 g/mol. The summed E-state index contributed by atoms with van der Waals surface area (Å²) in [5.74, 6) is 1.42. The van der Waals surface area contributed by atoms with E-state index in [1.165, 1.54) is 5.56 Å². The molecule has 1 aliphatic rings. The van der Waals surface area contributed by atoms with Gasteiger partial charge in [-0.3, -0.25) is 5.43 Å². The van der Waals surface area contributed by atoms with Gasteiger partial charge in [-0.1, -0.05) is 29.8 Å². The molecular weight excluding hydrogens is 290 g/mol. The second kappa shape index (κ2) is 7.19. The van der Waals surface area contributed by atoms with Crippen LogP contribution in [0.15, 0.2) is 35.4 Å². The van der Waals surface area contributed by atoms with Crippen molar-refractivity contribution in [3.8, 4) is 0 Å². The fraction of sp³-hybridized carbons (Fsp3) is 0.353. The van der Waals surface area contributed by atoms with Gasteiger partial charge < -0.3 is 9.64 Å². The molecule has 0 unspecified atom stereocenters. The first-order valence-electron chi connectivity index (χ1n) is 7.75. The van der Waals surface area contributed by atoms with Crippen molar-refractivity contribution in [2.45, 2.75) is 13.8 Å². The van der Waals surface area contributed by atoms with Gasteiger partial charge in [0.25, 0.3) is 0 Å². The molecule has 1 aromatic carbocycles. The number of anilines is 2. The van der Waals surface area contributed by atoms with Crippen molar-refractivity contribution < 1.29 is 4.74 Å². The maximum atomic E-state index is 5.37. The van der Waals surface area contributed by atoms with Crippen molar-refractivity contribution in [2.24, 2.45) is 5.10 Å². The lowest BCUT2D eigenvalue weighted by molar-refractivity contribution is 0.122. The lowest BCUT2D eigenvalue weighted by atomic mass is 10.2. The van der Waals surface area contributed by atoms with Crippen LogP contribution in [-0.2, 0) is 4.74 Å². The van der Waals surface area contributed by atoms with Crippen LogP contribution in [0.3, 0.4) is 0 Å². The van der Waals surface area contributed by atoms with Gasteiger partial charge in [0, 0.05) is 24.8 Å². The molecule has 0 spiro atoms. The highest BCUT2D eigenvalue weighted by Crippen LogP contribution is 2.15. The molecule has 0 radical (unpaired) electrons. The minimum absolute atomic E-state index is 0.697. The van der Waals surface area contributed by atoms with Gasteiger partial charge in [0.05, 0.1) is 19.4 Å². The van der Waals surface area contributed by atoms with Crippen molar-refractivity contribution in [3.63, 3.8) is 0 Å². The molecule has 2 heterocycles. The van der Waals surface area contributed by atoms with Crippen LogP contribution < -0.4 is 10.3 Å². The lowest BCUT2D eigenvalue weighted by Crippen LogP contribution is -2.37. The van der Waals surface area contributed by atoms with E-state index in [4.69, 9.17) is 4.74 Å². The van der Waals surface area contributed by atoms with Crippen LogP contribution in [0.1, 0.15) is 16.8 Å². The Labute approximate surface area is 136 Å². The van der Waals surface area contributed by atoms with Gasteiger partial charge in [0.2, 0.25) is 5.95 Å². The molecular formula is C17H21N5O. The van der Waals surface area contributed by atoms with Crippen LogP contribution in [0.4, 0.5) is 11.8 Å². The Kier molecular flexibility index (Phi) is 4.83. The van der Waals surface area contributed by atoms with E-state index in [1.807, 2.05) is 25.1 Å². The van der Waals surface area contributed by atoms with Crippen molar-refractivity contribution >= 4 is 18.0 Å². The molecule has 0 amide bonds. The zero-order valence-corrected chi connectivity index (χ0v) is 13.5. The summed E-state index contributed by atoms with van der Waals surface area (Å²) in [6.07, 6.45) is 1.78. The third kappa shape index (κ3) is 4.26. The average molecular weight is 311 g/mol. The third-order valence-electron chi connectivity index (χ3n) is 3.61. The summed E-state index contributed by atoms with van der Waals surface area (Å²) >= 11 is 0. The number of hydrogen-bond donors (Lipinski definition) is 1. The van der Waals surface area contributed by atoms with Gasteiger partial charge in [-0.25, -0.2) is 4.98 Å². The summed E-state index contributed by atoms with van der Waals surface area (Å²) in [4.78, 5) is 11.2. The first-order chi connectivity index (χ1) is 11.2. The van der Waals surface area contributed by atoms with Crippen LogP contribution in [0, 0.1) is 13.8 Å². The van der Waals surface area contributed by atoms with E-state index < -0.39 is 0 Å². The van der Waals surface area contributed by atoms with E-state index in [0.29, 0.717) is 19.0 Å². The first-order valence-corrected chi connectivity index (χ1v) is 7.75. The summed E-state index contributed by atoms with van der Waals surface area (Å²) in [6, 6.07) is 10.1. The number of aromatic nitrogens is 2. The predicted octanol–water partition coefficient (Wildman–Crippen LogP) is 2.38. The lowest BCUT2D eigenvalue weighted by Gasteiger charge is -2.27. The Balaban J connectivity index is 1.69. The normalized spacial score (nSPS) is 15.1. The smallest absolute Gasteiger partial charge is 0.227 e. The Morgan fingerprint density at radius 1 is 1.13 bits per heavy atom.